The summed E-state index contributed by atoms with van der Waals surface area (Å²) in [4.78, 5) is 12.4. The second-order valence-electron chi connectivity index (χ2n) is 6.68. The molecular formula is C19H26N4OS. The number of carbonyl (C=O) groups excluding carboxylic acids is 1. The summed E-state index contributed by atoms with van der Waals surface area (Å²) in [6.07, 6.45) is 2.41. The number of nitrogens with zero attached hydrogens (tertiary/aromatic N) is 3. The number of hydrogen-bond acceptors (Lipinski definition) is 4. The van der Waals surface area contributed by atoms with Gasteiger partial charge in [0.15, 0.2) is 5.16 Å². The van der Waals surface area contributed by atoms with Crippen molar-refractivity contribution < 1.29 is 4.79 Å². The predicted octanol–water partition coefficient (Wildman–Crippen LogP) is 3.58. The van der Waals surface area contributed by atoms with Gasteiger partial charge in [-0.3, -0.25) is 4.79 Å². The van der Waals surface area contributed by atoms with E-state index >= 15 is 0 Å². The van der Waals surface area contributed by atoms with Gasteiger partial charge in [-0.1, -0.05) is 49.0 Å². The molecule has 134 valence electrons. The summed E-state index contributed by atoms with van der Waals surface area (Å²) in [6, 6.07) is 10.3. The van der Waals surface area contributed by atoms with Crippen LogP contribution in [0.5, 0.6) is 0 Å². The molecule has 2 aromatic rings. The van der Waals surface area contributed by atoms with Crippen LogP contribution in [-0.4, -0.2) is 32.5 Å². The van der Waals surface area contributed by atoms with Crippen molar-refractivity contribution in [3.05, 3.63) is 41.7 Å². The highest BCUT2D eigenvalue weighted by Crippen LogP contribution is 2.40. The first kappa shape index (κ1) is 18.0. The SMILES string of the molecule is CCn1c(S[C@@H](C)C(=O)NC[C@@H](C)c2ccccc2)nnc1C1CC1. The molecule has 0 unspecified atom stereocenters. The van der Waals surface area contributed by atoms with Crippen LogP contribution in [0.3, 0.4) is 0 Å². The van der Waals surface area contributed by atoms with Gasteiger partial charge in [0, 0.05) is 19.0 Å². The molecule has 25 heavy (non-hydrogen) atoms. The Labute approximate surface area is 153 Å². The van der Waals surface area contributed by atoms with Gasteiger partial charge in [-0.2, -0.15) is 0 Å². The molecule has 5 nitrogen and oxygen atoms in total. The second-order valence-corrected chi connectivity index (χ2v) is 7.98. The largest absolute Gasteiger partial charge is 0.355 e. The van der Waals surface area contributed by atoms with Crippen molar-refractivity contribution in [3.8, 4) is 0 Å². The lowest BCUT2D eigenvalue weighted by molar-refractivity contribution is -0.120. The van der Waals surface area contributed by atoms with Gasteiger partial charge in [-0.05, 0) is 38.2 Å². The van der Waals surface area contributed by atoms with Crippen LogP contribution < -0.4 is 5.32 Å². The summed E-state index contributed by atoms with van der Waals surface area (Å²) < 4.78 is 2.15. The third kappa shape index (κ3) is 4.42. The van der Waals surface area contributed by atoms with Crippen LogP contribution in [0, 0.1) is 0 Å². The third-order valence-corrected chi connectivity index (χ3v) is 5.69. The molecule has 1 aromatic carbocycles. The molecule has 0 bridgehead atoms. The standard InChI is InChI=1S/C19H26N4OS/c1-4-23-17(16-10-11-16)21-22-19(23)25-14(3)18(24)20-12-13(2)15-8-6-5-7-9-15/h5-9,13-14,16H,4,10-12H2,1-3H3,(H,20,24)/t13-,14+/m1/s1. The molecule has 0 aliphatic heterocycles. The molecule has 3 rings (SSSR count). The number of thioether (sulfide) groups is 1. The topological polar surface area (TPSA) is 59.8 Å². The van der Waals surface area contributed by atoms with Crippen LogP contribution in [0.2, 0.25) is 0 Å². The molecule has 1 aliphatic rings. The summed E-state index contributed by atoms with van der Waals surface area (Å²) in [5.41, 5.74) is 1.24. The Balaban J connectivity index is 1.54. The molecule has 1 aromatic heterocycles. The summed E-state index contributed by atoms with van der Waals surface area (Å²) in [5, 5.41) is 12.4. The lowest BCUT2D eigenvalue weighted by Gasteiger charge is -2.16. The normalized spacial score (nSPS) is 16.4. The Morgan fingerprint density at radius 1 is 1.28 bits per heavy atom. The van der Waals surface area contributed by atoms with Crippen LogP contribution in [0.1, 0.15) is 56.8 Å². The Bertz CT molecular complexity index is 711. The molecule has 1 aliphatic carbocycles. The van der Waals surface area contributed by atoms with Crippen molar-refractivity contribution in [1.29, 1.82) is 0 Å². The highest BCUT2D eigenvalue weighted by Gasteiger charge is 2.30. The summed E-state index contributed by atoms with van der Waals surface area (Å²) >= 11 is 1.49. The third-order valence-electron chi connectivity index (χ3n) is 4.61. The van der Waals surface area contributed by atoms with Gasteiger partial charge < -0.3 is 9.88 Å². The number of carbonyl (C=O) groups is 1. The van der Waals surface area contributed by atoms with E-state index in [2.05, 4.69) is 46.1 Å². The minimum Gasteiger partial charge on any atom is -0.355 e. The zero-order chi connectivity index (χ0) is 17.8. The first-order chi connectivity index (χ1) is 12.1. The molecular weight excluding hydrogens is 332 g/mol. The van der Waals surface area contributed by atoms with Gasteiger partial charge in [0.1, 0.15) is 5.82 Å². The first-order valence-corrected chi connectivity index (χ1v) is 9.90. The zero-order valence-electron chi connectivity index (χ0n) is 15.1. The van der Waals surface area contributed by atoms with Gasteiger partial charge in [-0.15, -0.1) is 10.2 Å². The number of aromatic nitrogens is 3. The fraction of sp³-hybridized carbons (Fsp3) is 0.526. The van der Waals surface area contributed by atoms with Gasteiger partial charge in [0.05, 0.1) is 5.25 Å². The smallest absolute Gasteiger partial charge is 0.233 e. The average Bonchev–Trinajstić information content (AvgIpc) is 3.41. The average molecular weight is 359 g/mol. The molecule has 6 heteroatoms. The van der Waals surface area contributed by atoms with E-state index in [0.717, 1.165) is 17.5 Å². The fourth-order valence-electron chi connectivity index (χ4n) is 2.84. The minimum absolute atomic E-state index is 0.0476. The predicted molar refractivity (Wildman–Crippen MR) is 101 cm³/mol. The highest BCUT2D eigenvalue weighted by molar-refractivity contribution is 8.00. The number of benzene rings is 1. The maximum absolute atomic E-state index is 12.4. The second kappa shape index (κ2) is 8.04. The van der Waals surface area contributed by atoms with E-state index < -0.39 is 0 Å². The summed E-state index contributed by atoms with van der Waals surface area (Å²) in [6.45, 7) is 7.65. The van der Waals surface area contributed by atoms with E-state index in [1.165, 1.54) is 30.2 Å². The van der Waals surface area contributed by atoms with Crippen LogP contribution in [0.15, 0.2) is 35.5 Å². The number of hydrogen-bond donors (Lipinski definition) is 1. The van der Waals surface area contributed by atoms with E-state index in [1.54, 1.807) is 0 Å². The molecule has 0 spiro atoms. The van der Waals surface area contributed by atoms with Gasteiger partial charge in [-0.25, -0.2) is 0 Å². The molecule has 1 saturated carbocycles. The highest BCUT2D eigenvalue weighted by atomic mass is 32.2. The molecule has 1 N–H and O–H groups in total. The number of amides is 1. The van der Waals surface area contributed by atoms with E-state index in [9.17, 15) is 4.79 Å². The van der Waals surface area contributed by atoms with Gasteiger partial charge in [0.2, 0.25) is 5.91 Å². The van der Waals surface area contributed by atoms with Crippen molar-refractivity contribution in [2.24, 2.45) is 0 Å². The maximum Gasteiger partial charge on any atom is 0.233 e. The zero-order valence-corrected chi connectivity index (χ0v) is 15.9. The van der Waals surface area contributed by atoms with E-state index in [-0.39, 0.29) is 11.2 Å². The maximum atomic E-state index is 12.4. The van der Waals surface area contributed by atoms with Crippen LogP contribution in [0.4, 0.5) is 0 Å². The van der Waals surface area contributed by atoms with Crippen molar-refractivity contribution in [2.75, 3.05) is 6.54 Å². The van der Waals surface area contributed by atoms with Crippen LogP contribution in [0.25, 0.3) is 0 Å². The number of rotatable bonds is 8. The van der Waals surface area contributed by atoms with E-state index in [1.807, 2.05) is 25.1 Å². The van der Waals surface area contributed by atoms with Crippen LogP contribution in [-0.2, 0) is 11.3 Å². The Morgan fingerprint density at radius 2 is 2.00 bits per heavy atom. The quantitative estimate of drug-likeness (QED) is 0.733. The Morgan fingerprint density at radius 3 is 2.64 bits per heavy atom. The lowest BCUT2D eigenvalue weighted by Crippen LogP contribution is -2.33. The fourth-order valence-corrected chi connectivity index (χ4v) is 3.78. The Hall–Kier alpha value is -1.82. The van der Waals surface area contributed by atoms with Gasteiger partial charge in [0.25, 0.3) is 0 Å². The molecule has 0 radical (unpaired) electrons. The van der Waals surface area contributed by atoms with Crippen molar-refractivity contribution in [2.45, 2.75) is 62.4 Å². The monoisotopic (exact) mass is 358 g/mol. The van der Waals surface area contributed by atoms with E-state index in [0.29, 0.717) is 18.4 Å². The minimum atomic E-state index is -0.190. The summed E-state index contributed by atoms with van der Waals surface area (Å²) in [5.74, 6) is 1.99. The molecule has 0 saturated heterocycles. The molecule has 1 fully saturated rings. The Kier molecular flexibility index (Phi) is 5.78. The molecule has 1 amide bonds. The molecule has 1 heterocycles. The van der Waals surface area contributed by atoms with Gasteiger partial charge >= 0.3 is 0 Å². The van der Waals surface area contributed by atoms with E-state index in [4.69, 9.17) is 0 Å². The van der Waals surface area contributed by atoms with Crippen molar-refractivity contribution in [3.63, 3.8) is 0 Å². The summed E-state index contributed by atoms with van der Waals surface area (Å²) in [7, 11) is 0. The number of nitrogens with one attached hydrogen (secondary N) is 1. The van der Waals surface area contributed by atoms with Crippen molar-refractivity contribution >= 4 is 17.7 Å². The van der Waals surface area contributed by atoms with Crippen LogP contribution >= 0.6 is 11.8 Å². The van der Waals surface area contributed by atoms with Crippen molar-refractivity contribution in [1.82, 2.24) is 20.1 Å². The first-order valence-electron chi connectivity index (χ1n) is 9.02. The lowest BCUT2D eigenvalue weighted by atomic mass is 10.0. The molecule has 2 atom stereocenters.